The van der Waals surface area contributed by atoms with Crippen LogP contribution in [0, 0.1) is 0 Å². The van der Waals surface area contributed by atoms with Gasteiger partial charge in [0.1, 0.15) is 0 Å². The molecule has 2 unspecified atom stereocenters. The first-order valence-corrected chi connectivity index (χ1v) is 4.57. The van der Waals surface area contributed by atoms with Crippen LogP contribution >= 0.6 is 0 Å². The van der Waals surface area contributed by atoms with Crippen molar-refractivity contribution >= 4 is 0 Å². The van der Waals surface area contributed by atoms with E-state index < -0.39 is 0 Å². The minimum Gasteiger partial charge on any atom is -0.391 e. The SMILES string of the molecule is CC1(c2cccnc2)NCCC1O. The third kappa shape index (κ3) is 1.34. The molecule has 0 saturated carbocycles. The molecule has 1 aromatic heterocycles. The second-order valence-corrected chi connectivity index (χ2v) is 3.68. The highest BCUT2D eigenvalue weighted by molar-refractivity contribution is 5.23. The summed E-state index contributed by atoms with van der Waals surface area (Å²) in [4.78, 5) is 4.06. The molecule has 1 aliphatic heterocycles. The fourth-order valence-corrected chi connectivity index (χ4v) is 1.84. The van der Waals surface area contributed by atoms with E-state index in [1.54, 1.807) is 6.20 Å². The Morgan fingerprint density at radius 1 is 1.69 bits per heavy atom. The fourth-order valence-electron chi connectivity index (χ4n) is 1.84. The van der Waals surface area contributed by atoms with E-state index in [1.165, 1.54) is 0 Å². The van der Waals surface area contributed by atoms with Crippen molar-refractivity contribution in [2.24, 2.45) is 0 Å². The quantitative estimate of drug-likeness (QED) is 0.663. The van der Waals surface area contributed by atoms with E-state index in [1.807, 2.05) is 25.3 Å². The molecule has 2 atom stereocenters. The van der Waals surface area contributed by atoms with Gasteiger partial charge in [-0.05, 0) is 31.5 Å². The summed E-state index contributed by atoms with van der Waals surface area (Å²) in [6.45, 7) is 2.88. The highest BCUT2D eigenvalue weighted by atomic mass is 16.3. The molecule has 70 valence electrons. The molecule has 3 nitrogen and oxygen atoms in total. The summed E-state index contributed by atoms with van der Waals surface area (Å²) in [7, 11) is 0. The first-order valence-electron chi connectivity index (χ1n) is 4.57. The Bertz CT molecular complexity index is 288. The molecule has 1 aromatic rings. The molecule has 1 saturated heterocycles. The van der Waals surface area contributed by atoms with Gasteiger partial charge in [0, 0.05) is 12.4 Å². The number of hydrogen-bond donors (Lipinski definition) is 2. The summed E-state index contributed by atoms with van der Waals surface area (Å²) in [5.74, 6) is 0. The van der Waals surface area contributed by atoms with Crippen molar-refractivity contribution in [3.63, 3.8) is 0 Å². The van der Waals surface area contributed by atoms with Gasteiger partial charge in [0.25, 0.3) is 0 Å². The lowest BCUT2D eigenvalue weighted by molar-refractivity contribution is 0.107. The standard InChI is InChI=1S/C10H14N2O/c1-10(9(13)4-6-12-10)8-3-2-5-11-7-8/h2-3,5,7,9,12-13H,4,6H2,1H3. The van der Waals surface area contributed by atoms with E-state index in [2.05, 4.69) is 10.3 Å². The summed E-state index contributed by atoms with van der Waals surface area (Å²) in [6.07, 6.45) is 4.05. The largest absolute Gasteiger partial charge is 0.391 e. The van der Waals surface area contributed by atoms with E-state index in [9.17, 15) is 5.11 Å². The Hall–Kier alpha value is -0.930. The van der Waals surface area contributed by atoms with Gasteiger partial charge in [0.05, 0.1) is 11.6 Å². The average Bonchev–Trinajstić information content (AvgIpc) is 2.50. The fraction of sp³-hybridized carbons (Fsp3) is 0.500. The number of hydrogen-bond acceptors (Lipinski definition) is 3. The zero-order chi connectivity index (χ0) is 9.31. The zero-order valence-corrected chi connectivity index (χ0v) is 7.70. The van der Waals surface area contributed by atoms with Crippen molar-refractivity contribution in [2.75, 3.05) is 6.54 Å². The van der Waals surface area contributed by atoms with Crippen molar-refractivity contribution in [2.45, 2.75) is 25.0 Å². The Kier molecular flexibility index (Phi) is 2.06. The number of aliphatic hydroxyl groups is 1. The number of rotatable bonds is 1. The summed E-state index contributed by atoms with van der Waals surface area (Å²) in [5.41, 5.74) is 0.744. The Balaban J connectivity index is 2.34. The Labute approximate surface area is 77.8 Å². The molecule has 0 aromatic carbocycles. The predicted molar refractivity (Wildman–Crippen MR) is 50.2 cm³/mol. The van der Waals surface area contributed by atoms with Crippen molar-refractivity contribution < 1.29 is 5.11 Å². The molecular formula is C10H14N2O. The minimum atomic E-state index is -0.311. The van der Waals surface area contributed by atoms with E-state index in [4.69, 9.17) is 0 Å². The lowest BCUT2D eigenvalue weighted by atomic mass is 9.89. The van der Waals surface area contributed by atoms with Crippen LogP contribution in [-0.2, 0) is 5.54 Å². The molecule has 0 aliphatic carbocycles. The number of aromatic nitrogens is 1. The molecule has 0 bridgehead atoms. The summed E-state index contributed by atoms with van der Waals surface area (Å²) in [6, 6.07) is 3.89. The Morgan fingerprint density at radius 3 is 3.08 bits per heavy atom. The maximum atomic E-state index is 9.81. The summed E-state index contributed by atoms with van der Waals surface area (Å²) >= 11 is 0. The molecule has 3 heteroatoms. The van der Waals surface area contributed by atoms with Crippen LogP contribution in [0.4, 0.5) is 0 Å². The lowest BCUT2D eigenvalue weighted by Gasteiger charge is -2.28. The van der Waals surface area contributed by atoms with Gasteiger partial charge in [0.2, 0.25) is 0 Å². The topological polar surface area (TPSA) is 45.2 Å². The van der Waals surface area contributed by atoms with Gasteiger partial charge in [0.15, 0.2) is 0 Å². The third-order valence-corrected chi connectivity index (χ3v) is 2.84. The summed E-state index contributed by atoms with van der Waals surface area (Å²) in [5, 5.41) is 13.1. The van der Waals surface area contributed by atoms with Crippen LogP contribution in [0.1, 0.15) is 18.9 Å². The van der Waals surface area contributed by atoms with Crippen LogP contribution in [-0.4, -0.2) is 22.7 Å². The lowest BCUT2D eigenvalue weighted by Crippen LogP contribution is -2.41. The van der Waals surface area contributed by atoms with Crippen LogP contribution in [0.15, 0.2) is 24.5 Å². The normalized spacial score (nSPS) is 33.5. The smallest absolute Gasteiger partial charge is 0.0773 e. The van der Waals surface area contributed by atoms with Crippen molar-refractivity contribution in [1.29, 1.82) is 0 Å². The molecule has 2 rings (SSSR count). The number of aliphatic hydroxyl groups excluding tert-OH is 1. The maximum absolute atomic E-state index is 9.81. The molecule has 13 heavy (non-hydrogen) atoms. The van der Waals surface area contributed by atoms with Crippen molar-refractivity contribution in [3.05, 3.63) is 30.1 Å². The van der Waals surface area contributed by atoms with E-state index >= 15 is 0 Å². The Morgan fingerprint density at radius 2 is 2.54 bits per heavy atom. The van der Waals surface area contributed by atoms with Gasteiger partial charge in [-0.1, -0.05) is 6.07 Å². The maximum Gasteiger partial charge on any atom is 0.0773 e. The second kappa shape index (κ2) is 3.09. The zero-order valence-electron chi connectivity index (χ0n) is 7.70. The average molecular weight is 178 g/mol. The highest BCUT2D eigenvalue weighted by Gasteiger charge is 2.38. The number of nitrogens with zero attached hydrogens (tertiary/aromatic N) is 1. The predicted octanol–water partition coefficient (Wildman–Crippen LogP) is 0.651. The van der Waals surface area contributed by atoms with E-state index in [-0.39, 0.29) is 11.6 Å². The van der Waals surface area contributed by atoms with Gasteiger partial charge in [-0.2, -0.15) is 0 Å². The van der Waals surface area contributed by atoms with Crippen LogP contribution in [0.25, 0.3) is 0 Å². The van der Waals surface area contributed by atoms with Gasteiger partial charge in [-0.25, -0.2) is 0 Å². The van der Waals surface area contributed by atoms with E-state index in [0.29, 0.717) is 0 Å². The summed E-state index contributed by atoms with van der Waals surface area (Å²) < 4.78 is 0. The van der Waals surface area contributed by atoms with Crippen molar-refractivity contribution in [3.8, 4) is 0 Å². The molecule has 1 aliphatic rings. The number of nitrogens with one attached hydrogen (secondary N) is 1. The first kappa shape index (κ1) is 8.66. The first-order chi connectivity index (χ1) is 6.23. The molecule has 2 N–H and O–H groups in total. The highest BCUT2D eigenvalue weighted by Crippen LogP contribution is 2.29. The van der Waals surface area contributed by atoms with E-state index in [0.717, 1.165) is 18.5 Å². The van der Waals surface area contributed by atoms with Gasteiger partial charge in [-0.3, -0.25) is 4.98 Å². The molecule has 1 fully saturated rings. The van der Waals surface area contributed by atoms with Crippen LogP contribution in [0.2, 0.25) is 0 Å². The van der Waals surface area contributed by atoms with Gasteiger partial charge >= 0.3 is 0 Å². The third-order valence-electron chi connectivity index (χ3n) is 2.84. The van der Waals surface area contributed by atoms with Crippen LogP contribution < -0.4 is 5.32 Å². The molecular weight excluding hydrogens is 164 g/mol. The monoisotopic (exact) mass is 178 g/mol. The number of pyridine rings is 1. The van der Waals surface area contributed by atoms with Crippen LogP contribution in [0.5, 0.6) is 0 Å². The van der Waals surface area contributed by atoms with Gasteiger partial charge in [-0.15, -0.1) is 0 Å². The molecule has 0 amide bonds. The minimum absolute atomic E-state index is 0.309. The van der Waals surface area contributed by atoms with Crippen molar-refractivity contribution in [1.82, 2.24) is 10.3 Å². The van der Waals surface area contributed by atoms with Gasteiger partial charge < -0.3 is 10.4 Å². The molecule has 2 heterocycles. The molecule has 0 spiro atoms. The second-order valence-electron chi connectivity index (χ2n) is 3.68. The van der Waals surface area contributed by atoms with Crippen LogP contribution in [0.3, 0.4) is 0 Å². The molecule has 0 radical (unpaired) electrons.